The minimum Gasteiger partial charge on any atom is -0.311 e. The lowest BCUT2D eigenvalue weighted by Crippen LogP contribution is -2.25. The lowest BCUT2D eigenvalue weighted by Gasteiger charge is -2.14. The molecule has 0 aliphatic heterocycles. The second kappa shape index (κ2) is 4.99. The Bertz CT molecular complexity index is 374. The maximum Gasteiger partial charge on any atom is 0.0408 e. The summed E-state index contributed by atoms with van der Waals surface area (Å²) in [6.07, 6.45) is 4.93. The van der Waals surface area contributed by atoms with Crippen molar-refractivity contribution in [1.82, 2.24) is 5.32 Å². The van der Waals surface area contributed by atoms with Crippen LogP contribution >= 0.6 is 23.4 Å². The first-order valence-corrected chi connectivity index (χ1v) is 7.26. The fourth-order valence-electron chi connectivity index (χ4n) is 1.88. The van der Waals surface area contributed by atoms with Gasteiger partial charge in [-0.3, -0.25) is 0 Å². The van der Waals surface area contributed by atoms with Crippen LogP contribution in [0.2, 0.25) is 5.02 Å². The van der Waals surface area contributed by atoms with Crippen LogP contribution < -0.4 is 5.32 Å². The van der Waals surface area contributed by atoms with Gasteiger partial charge >= 0.3 is 0 Å². The van der Waals surface area contributed by atoms with Crippen molar-refractivity contribution in [2.75, 3.05) is 12.8 Å². The molecule has 0 atom stereocenters. The summed E-state index contributed by atoms with van der Waals surface area (Å²) < 4.78 is 0.542. The van der Waals surface area contributed by atoms with E-state index >= 15 is 0 Å². The molecule has 0 aromatic heterocycles. The summed E-state index contributed by atoms with van der Waals surface area (Å²) in [5.41, 5.74) is 2.62. The van der Waals surface area contributed by atoms with Crippen LogP contribution in [-0.2, 0) is 6.54 Å². The van der Waals surface area contributed by atoms with Crippen molar-refractivity contribution in [1.29, 1.82) is 0 Å². The summed E-state index contributed by atoms with van der Waals surface area (Å²) in [6.45, 7) is 4.19. The lowest BCUT2D eigenvalue weighted by molar-refractivity contribution is 0.661. The fourth-order valence-corrected chi connectivity index (χ4v) is 2.86. The van der Waals surface area contributed by atoms with Gasteiger partial charge in [0, 0.05) is 22.9 Å². The first kappa shape index (κ1) is 12.3. The molecule has 1 aromatic carbocycles. The minimum absolute atomic E-state index is 0.542. The van der Waals surface area contributed by atoms with Gasteiger partial charge in [-0.2, -0.15) is 11.8 Å². The van der Waals surface area contributed by atoms with Gasteiger partial charge in [0.05, 0.1) is 0 Å². The van der Waals surface area contributed by atoms with E-state index in [0.717, 1.165) is 18.1 Å². The molecule has 88 valence electrons. The van der Waals surface area contributed by atoms with Gasteiger partial charge < -0.3 is 5.32 Å². The number of benzene rings is 1. The second-order valence-electron chi connectivity index (χ2n) is 4.56. The van der Waals surface area contributed by atoms with E-state index in [2.05, 4.69) is 24.6 Å². The van der Waals surface area contributed by atoms with E-state index in [0.29, 0.717) is 4.75 Å². The summed E-state index contributed by atoms with van der Waals surface area (Å²) in [4.78, 5) is 0. The summed E-state index contributed by atoms with van der Waals surface area (Å²) in [6, 6.07) is 6.11. The van der Waals surface area contributed by atoms with Crippen molar-refractivity contribution in [3.05, 3.63) is 34.3 Å². The fraction of sp³-hybridized carbons (Fsp3) is 0.538. The standard InChI is InChI=1S/C13H18ClNS/c1-10-7-12(14)4-3-11(10)8-15-9-13(16-2)5-6-13/h3-4,7,15H,5-6,8-9H2,1-2H3. The molecule has 0 unspecified atom stereocenters. The van der Waals surface area contributed by atoms with Crippen LogP contribution in [-0.4, -0.2) is 17.5 Å². The van der Waals surface area contributed by atoms with Crippen LogP contribution in [0.5, 0.6) is 0 Å². The molecule has 2 rings (SSSR count). The topological polar surface area (TPSA) is 12.0 Å². The van der Waals surface area contributed by atoms with Gasteiger partial charge in [0.25, 0.3) is 0 Å². The highest BCUT2D eigenvalue weighted by molar-refractivity contribution is 8.00. The SMILES string of the molecule is CSC1(CNCc2ccc(Cl)cc2C)CC1. The third kappa shape index (κ3) is 2.93. The van der Waals surface area contributed by atoms with Gasteiger partial charge in [0.15, 0.2) is 0 Å². The monoisotopic (exact) mass is 255 g/mol. The molecule has 16 heavy (non-hydrogen) atoms. The molecule has 0 bridgehead atoms. The van der Waals surface area contributed by atoms with E-state index in [1.54, 1.807) is 0 Å². The van der Waals surface area contributed by atoms with Gasteiger partial charge in [0.1, 0.15) is 0 Å². The van der Waals surface area contributed by atoms with Crippen LogP contribution in [0.1, 0.15) is 24.0 Å². The number of rotatable bonds is 5. The molecule has 1 nitrogen and oxygen atoms in total. The van der Waals surface area contributed by atoms with Crippen LogP contribution in [0.4, 0.5) is 0 Å². The average molecular weight is 256 g/mol. The molecule has 1 aliphatic carbocycles. The van der Waals surface area contributed by atoms with Gasteiger partial charge in [-0.1, -0.05) is 17.7 Å². The molecule has 0 amide bonds. The Kier molecular flexibility index (Phi) is 3.83. The number of halogens is 1. The second-order valence-corrected chi connectivity index (χ2v) is 6.27. The maximum absolute atomic E-state index is 5.93. The summed E-state index contributed by atoms with van der Waals surface area (Å²) >= 11 is 7.93. The van der Waals surface area contributed by atoms with E-state index < -0.39 is 0 Å². The first-order valence-electron chi connectivity index (χ1n) is 5.66. The predicted octanol–water partition coefficient (Wildman–Crippen LogP) is 3.63. The molecule has 1 aromatic rings. The van der Waals surface area contributed by atoms with Gasteiger partial charge in [-0.25, -0.2) is 0 Å². The lowest BCUT2D eigenvalue weighted by atomic mass is 10.1. The molecule has 1 saturated carbocycles. The zero-order valence-corrected chi connectivity index (χ0v) is 11.4. The van der Waals surface area contributed by atoms with Crippen molar-refractivity contribution in [2.24, 2.45) is 0 Å². The molecule has 1 N–H and O–H groups in total. The Labute approximate surface area is 107 Å². The predicted molar refractivity (Wildman–Crippen MR) is 73.4 cm³/mol. The van der Waals surface area contributed by atoms with E-state index in [9.17, 15) is 0 Å². The number of nitrogens with one attached hydrogen (secondary N) is 1. The van der Waals surface area contributed by atoms with Crippen molar-refractivity contribution < 1.29 is 0 Å². The maximum atomic E-state index is 5.93. The van der Waals surface area contributed by atoms with Crippen LogP contribution in [0.3, 0.4) is 0 Å². The highest BCUT2D eigenvalue weighted by atomic mass is 35.5. The van der Waals surface area contributed by atoms with Crippen molar-refractivity contribution in [2.45, 2.75) is 31.1 Å². The van der Waals surface area contributed by atoms with Crippen LogP contribution in [0, 0.1) is 6.92 Å². The smallest absolute Gasteiger partial charge is 0.0408 e. The molecule has 0 radical (unpaired) electrons. The third-order valence-electron chi connectivity index (χ3n) is 3.31. The van der Waals surface area contributed by atoms with Crippen LogP contribution in [0.25, 0.3) is 0 Å². The molecular weight excluding hydrogens is 238 g/mol. The highest BCUT2D eigenvalue weighted by Crippen LogP contribution is 2.46. The minimum atomic E-state index is 0.542. The van der Waals surface area contributed by atoms with Gasteiger partial charge in [0.2, 0.25) is 0 Å². The Morgan fingerprint density at radius 1 is 1.44 bits per heavy atom. The van der Waals surface area contributed by atoms with Crippen LogP contribution in [0.15, 0.2) is 18.2 Å². The van der Waals surface area contributed by atoms with Gasteiger partial charge in [-0.15, -0.1) is 0 Å². The largest absolute Gasteiger partial charge is 0.311 e. The molecule has 3 heteroatoms. The zero-order valence-electron chi connectivity index (χ0n) is 9.85. The summed E-state index contributed by atoms with van der Waals surface area (Å²) in [5, 5.41) is 4.37. The normalized spacial score (nSPS) is 17.4. The number of thioether (sulfide) groups is 1. The van der Waals surface area contributed by atoms with Gasteiger partial charge in [-0.05, 0) is 49.3 Å². The summed E-state index contributed by atoms with van der Waals surface area (Å²) in [7, 11) is 0. The van der Waals surface area contributed by atoms with Crippen molar-refractivity contribution in [3.8, 4) is 0 Å². The summed E-state index contributed by atoms with van der Waals surface area (Å²) in [5.74, 6) is 0. The Hall–Kier alpha value is -0.180. The van der Waals surface area contributed by atoms with E-state index in [-0.39, 0.29) is 0 Å². The third-order valence-corrected chi connectivity index (χ3v) is 4.96. The zero-order chi connectivity index (χ0) is 11.6. The Balaban J connectivity index is 1.85. The molecular formula is C13H18ClNS. The van der Waals surface area contributed by atoms with E-state index in [4.69, 9.17) is 11.6 Å². The highest BCUT2D eigenvalue weighted by Gasteiger charge is 2.41. The first-order chi connectivity index (χ1) is 7.65. The van der Waals surface area contributed by atoms with E-state index in [1.807, 2.05) is 23.9 Å². The number of hydrogen-bond donors (Lipinski definition) is 1. The molecule has 0 heterocycles. The molecule has 1 aliphatic rings. The average Bonchev–Trinajstić information content (AvgIpc) is 3.02. The van der Waals surface area contributed by atoms with Crippen molar-refractivity contribution >= 4 is 23.4 Å². The van der Waals surface area contributed by atoms with Crippen molar-refractivity contribution in [3.63, 3.8) is 0 Å². The Morgan fingerprint density at radius 3 is 2.75 bits per heavy atom. The van der Waals surface area contributed by atoms with E-state index in [1.165, 1.54) is 24.0 Å². The number of aryl methyl sites for hydroxylation is 1. The molecule has 0 saturated heterocycles. The number of hydrogen-bond acceptors (Lipinski definition) is 2. The quantitative estimate of drug-likeness (QED) is 0.862. The molecule has 1 fully saturated rings. The Morgan fingerprint density at radius 2 is 2.19 bits per heavy atom. The molecule has 0 spiro atoms.